The maximum atomic E-state index is 11.7. The zero-order chi connectivity index (χ0) is 11.3. The molecule has 1 saturated carbocycles. The molecular weight excluding hydrogens is 224 g/mol. The van der Waals surface area contributed by atoms with Crippen molar-refractivity contribution in [2.24, 2.45) is 11.7 Å². The van der Waals surface area contributed by atoms with Gasteiger partial charge in [-0.05, 0) is 32.1 Å². The summed E-state index contributed by atoms with van der Waals surface area (Å²) in [5.41, 5.74) is 5.63. The lowest BCUT2D eigenvalue weighted by atomic mass is 10.1. The van der Waals surface area contributed by atoms with Crippen LogP contribution in [0, 0.1) is 5.92 Å². The maximum absolute atomic E-state index is 11.7. The largest absolute Gasteiger partial charge is 0.345 e. The molecule has 1 fully saturated rings. The molecule has 1 aliphatic rings. The van der Waals surface area contributed by atoms with Crippen LogP contribution in [0.4, 0.5) is 0 Å². The number of rotatable bonds is 5. The minimum atomic E-state index is 0. The zero-order valence-electron chi connectivity index (χ0n) is 10.4. The Labute approximate surface area is 105 Å². The summed E-state index contributed by atoms with van der Waals surface area (Å²) in [4.78, 5) is 13.6. The summed E-state index contributed by atoms with van der Waals surface area (Å²) in [6.07, 6.45) is 6.67. The van der Waals surface area contributed by atoms with Crippen molar-refractivity contribution in [2.75, 3.05) is 13.6 Å². The third-order valence-electron chi connectivity index (χ3n) is 3.25. The first-order valence-corrected chi connectivity index (χ1v) is 6.09. The molecule has 1 amide bonds. The smallest absolute Gasteiger partial charge is 0.222 e. The molecule has 0 aliphatic heterocycles. The molecule has 96 valence electrons. The van der Waals surface area contributed by atoms with Crippen molar-refractivity contribution in [1.82, 2.24) is 4.90 Å². The van der Waals surface area contributed by atoms with Crippen LogP contribution in [-0.4, -0.2) is 30.4 Å². The fourth-order valence-electron chi connectivity index (χ4n) is 2.22. The Kier molecular flexibility index (Phi) is 7.77. The van der Waals surface area contributed by atoms with E-state index in [-0.39, 0.29) is 24.4 Å². The minimum Gasteiger partial charge on any atom is -0.345 e. The Morgan fingerprint density at radius 2 is 2.00 bits per heavy atom. The predicted octanol–water partition coefficient (Wildman–Crippen LogP) is 2.18. The van der Waals surface area contributed by atoms with Gasteiger partial charge in [-0.15, -0.1) is 12.4 Å². The van der Waals surface area contributed by atoms with Gasteiger partial charge in [0.15, 0.2) is 0 Å². The van der Waals surface area contributed by atoms with E-state index in [4.69, 9.17) is 5.73 Å². The highest BCUT2D eigenvalue weighted by Gasteiger charge is 2.19. The molecule has 0 radical (unpaired) electrons. The second kappa shape index (κ2) is 7.91. The van der Waals surface area contributed by atoms with Gasteiger partial charge in [0.1, 0.15) is 0 Å². The van der Waals surface area contributed by atoms with Gasteiger partial charge in [0, 0.05) is 26.1 Å². The first-order chi connectivity index (χ1) is 7.09. The van der Waals surface area contributed by atoms with Gasteiger partial charge in [-0.1, -0.05) is 12.8 Å². The van der Waals surface area contributed by atoms with Gasteiger partial charge in [-0.3, -0.25) is 4.79 Å². The highest BCUT2D eigenvalue weighted by Crippen LogP contribution is 2.25. The number of amides is 1. The standard InChI is InChI=1S/C12H24N2O.ClH/c1-10(13)7-8-12(15)14(2)9-11-5-3-4-6-11;/h10-11H,3-9,13H2,1-2H3;1H. The minimum absolute atomic E-state index is 0. The Bertz CT molecular complexity index is 203. The summed E-state index contributed by atoms with van der Waals surface area (Å²) in [5, 5.41) is 0. The molecule has 0 bridgehead atoms. The molecule has 0 aromatic carbocycles. The molecule has 16 heavy (non-hydrogen) atoms. The number of nitrogens with two attached hydrogens (primary N) is 1. The maximum Gasteiger partial charge on any atom is 0.222 e. The fourth-order valence-corrected chi connectivity index (χ4v) is 2.22. The van der Waals surface area contributed by atoms with Crippen molar-refractivity contribution in [3.8, 4) is 0 Å². The molecule has 0 spiro atoms. The monoisotopic (exact) mass is 248 g/mol. The normalized spacial score (nSPS) is 17.9. The van der Waals surface area contributed by atoms with Gasteiger partial charge in [0.05, 0.1) is 0 Å². The van der Waals surface area contributed by atoms with E-state index in [2.05, 4.69) is 0 Å². The summed E-state index contributed by atoms with van der Waals surface area (Å²) in [7, 11) is 1.92. The molecule has 0 saturated heterocycles. The Morgan fingerprint density at radius 1 is 1.44 bits per heavy atom. The van der Waals surface area contributed by atoms with E-state index in [1.54, 1.807) is 0 Å². The van der Waals surface area contributed by atoms with E-state index < -0.39 is 0 Å². The van der Waals surface area contributed by atoms with Crippen LogP contribution in [0.25, 0.3) is 0 Å². The number of carbonyl (C=O) groups is 1. The SMILES string of the molecule is CC(N)CCC(=O)N(C)CC1CCCC1.Cl. The first-order valence-electron chi connectivity index (χ1n) is 6.09. The highest BCUT2D eigenvalue weighted by atomic mass is 35.5. The van der Waals surface area contributed by atoms with Gasteiger partial charge < -0.3 is 10.6 Å². The summed E-state index contributed by atoms with van der Waals surface area (Å²) >= 11 is 0. The Hall–Kier alpha value is -0.280. The van der Waals surface area contributed by atoms with Gasteiger partial charge in [-0.2, -0.15) is 0 Å². The molecule has 1 rings (SSSR count). The van der Waals surface area contributed by atoms with Crippen molar-refractivity contribution in [2.45, 2.75) is 51.5 Å². The second-order valence-corrected chi connectivity index (χ2v) is 4.94. The molecule has 2 N–H and O–H groups in total. The number of carbonyl (C=O) groups excluding carboxylic acids is 1. The van der Waals surface area contributed by atoms with E-state index in [1.807, 2.05) is 18.9 Å². The van der Waals surface area contributed by atoms with Gasteiger partial charge in [-0.25, -0.2) is 0 Å². The number of hydrogen-bond donors (Lipinski definition) is 1. The first kappa shape index (κ1) is 15.7. The van der Waals surface area contributed by atoms with Crippen LogP contribution in [0.5, 0.6) is 0 Å². The van der Waals surface area contributed by atoms with Gasteiger partial charge in [0.25, 0.3) is 0 Å². The topological polar surface area (TPSA) is 46.3 Å². The van der Waals surface area contributed by atoms with Crippen LogP contribution < -0.4 is 5.73 Å². The van der Waals surface area contributed by atoms with E-state index >= 15 is 0 Å². The van der Waals surface area contributed by atoms with Crippen molar-refractivity contribution in [3.63, 3.8) is 0 Å². The highest BCUT2D eigenvalue weighted by molar-refractivity contribution is 5.85. The number of halogens is 1. The lowest BCUT2D eigenvalue weighted by Gasteiger charge is -2.21. The van der Waals surface area contributed by atoms with Gasteiger partial charge in [0.2, 0.25) is 5.91 Å². The molecule has 4 heteroatoms. The van der Waals surface area contributed by atoms with Crippen LogP contribution in [0.2, 0.25) is 0 Å². The van der Waals surface area contributed by atoms with Crippen LogP contribution in [0.3, 0.4) is 0 Å². The molecule has 1 atom stereocenters. The van der Waals surface area contributed by atoms with Crippen LogP contribution in [0.1, 0.15) is 45.4 Å². The quantitative estimate of drug-likeness (QED) is 0.811. The Morgan fingerprint density at radius 3 is 2.50 bits per heavy atom. The lowest BCUT2D eigenvalue weighted by Crippen LogP contribution is -2.32. The molecule has 1 unspecified atom stereocenters. The lowest BCUT2D eigenvalue weighted by molar-refractivity contribution is -0.130. The van der Waals surface area contributed by atoms with Gasteiger partial charge >= 0.3 is 0 Å². The molecular formula is C12H25ClN2O. The molecule has 0 aromatic heterocycles. The van der Waals surface area contributed by atoms with E-state index in [0.717, 1.165) is 18.9 Å². The second-order valence-electron chi connectivity index (χ2n) is 4.94. The number of nitrogens with zero attached hydrogens (tertiary/aromatic N) is 1. The third-order valence-corrected chi connectivity index (χ3v) is 3.25. The summed E-state index contributed by atoms with van der Waals surface area (Å²) in [5.74, 6) is 0.994. The summed E-state index contributed by atoms with van der Waals surface area (Å²) < 4.78 is 0. The Balaban J connectivity index is 0.00000225. The van der Waals surface area contributed by atoms with Crippen LogP contribution in [0.15, 0.2) is 0 Å². The summed E-state index contributed by atoms with van der Waals surface area (Å²) in [6, 6.07) is 0.133. The molecule has 3 nitrogen and oxygen atoms in total. The molecule has 0 aromatic rings. The average molecular weight is 249 g/mol. The molecule has 0 heterocycles. The van der Waals surface area contributed by atoms with E-state index in [0.29, 0.717) is 6.42 Å². The molecule has 1 aliphatic carbocycles. The van der Waals surface area contributed by atoms with Crippen molar-refractivity contribution < 1.29 is 4.79 Å². The van der Waals surface area contributed by atoms with Crippen molar-refractivity contribution >= 4 is 18.3 Å². The van der Waals surface area contributed by atoms with Crippen molar-refractivity contribution in [3.05, 3.63) is 0 Å². The van der Waals surface area contributed by atoms with Crippen LogP contribution >= 0.6 is 12.4 Å². The van der Waals surface area contributed by atoms with Crippen LogP contribution in [-0.2, 0) is 4.79 Å². The average Bonchev–Trinajstić information content (AvgIpc) is 2.66. The number of hydrogen-bond acceptors (Lipinski definition) is 2. The van der Waals surface area contributed by atoms with E-state index in [1.165, 1.54) is 25.7 Å². The third kappa shape index (κ3) is 5.71. The van der Waals surface area contributed by atoms with E-state index in [9.17, 15) is 4.79 Å². The fraction of sp³-hybridized carbons (Fsp3) is 0.917. The summed E-state index contributed by atoms with van der Waals surface area (Å²) in [6.45, 7) is 2.89. The zero-order valence-corrected chi connectivity index (χ0v) is 11.3. The van der Waals surface area contributed by atoms with Crippen molar-refractivity contribution in [1.29, 1.82) is 0 Å². The predicted molar refractivity (Wildman–Crippen MR) is 69.7 cm³/mol.